The second kappa shape index (κ2) is 5.82. The molecule has 0 amide bonds. The predicted molar refractivity (Wildman–Crippen MR) is 73.1 cm³/mol. The molecular formula is C16H16F4O2. The molecule has 0 atom stereocenters. The Labute approximate surface area is 125 Å². The van der Waals surface area contributed by atoms with Crippen molar-refractivity contribution in [2.45, 2.75) is 44.6 Å². The molecule has 6 heteroatoms. The van der Waals surface area contributed by atoms with Gasteiger partial charge in [-0.1, -0.05) is 12.2 Å². The summed E-state index contributed by atoms with van der Waals surface area (Å²) < 4.78 is 61.2. The lowest BCUT2D eigenvalue weighted by Crippen LogP contribution is -2.26. The van der Waals surface area contributed by atoms with Crippen LogP contribution in [0.4, 0.5) is 17.6 Å². The average Bonchev–Trinajstić information content (AvgIpc) is 3.19. The van der Waals surface area contributed by atoms with Gasteiger partial charge in [0.1, 0.15) is 0 Å². The summed E-state index contributed by atoms with van der Waals surface area (Å²) in [5.41, 5.74) is 0.0760. The Hall–Kier alpha value is -1.72. The lowest BCUT2D eigenvalue weighted by Gasteiger charge is -2.27. The summed E-state index contributed by atoms with van der Waals surface area (Å²) in [5.74, 6) is -1.70. The van der Waals surface area contributed by atoms with Gasteiger partial charge in [0.25, 0.3) is 0 Å². The molecule has 1 aromatic rings. The maximum Gasteiger partial charge on any atom is 0.573 e. The minimum atomic E-state index is -4.96. The average molecular weight is 316 g/mol. The van der Waals surface area contributed by atoms with E-state index in [1.54, 1.807) is 0 Å². The van der Waals surface area contributed by atoms with E-state index in [1.165, 1.54) is 18.2 Å². The fourth-order valence-electron chi connectivity index (χ4n) is 2.18. The van der Waals surface area contributed by atoms with Crippen molar-refractivity contribution < 1.29 is 27.0 Å². The number of rotatable bonds is 5. The molecule has 2 aliphatic rings. The number of ether oxygens (including phenoxy) is 2. The summed E-state index contributed by atoms with van der Waals surface area (Å²) in [6.45, 7) is 0. The van der Waals surface area contributed by atoms with Gasteiger partial charge in [0, 0.05) is 5.56 Å². The van der Waals surface area contributed by atoms with Crippen molar-refractivity contribution >= 4 is 6.08 Å². The SMILES string of the molecule is Fc1c(/C=C/C2CC2)ccc(OC2CCC2)c1OC(F)(F)F. The summed E-state index contributed by atoms with van der Waals surface area (Å²) in [6.07, 6.45) is 2.74. The monoisotopic (exact) mass is 316 g/mol. The first-order valence-electron chi connectivity index (χ1n) is 7.35. The topological polar surface area (TPSA) is 18.5 Å². The first-order valence-corrected chi connectivity index (χ1v) is 7.35. The van der Waals surface area contributed by atoms with Gasteiger partial charge in [0.2, 0.25) is 5.75 Å². The van der Waals surface area contributed by atoms with E-state index < -0.39 is 17.9 Å². The molecule has 1 aromatic carbocycles. The number of hydrogen-bond donors (Lipinski definition) is 0. The normalized spacial score (nSPS) is 19.3. The van der Waals surface area contributed by atoms with E-state index >= 15 is 0 Å². The van der Waals surface area contributed by atoms with Gasteiger partial charge in [0.15, 0.2) is 11.6 Å². The third-order valence-corrected chi connectivity index (χ3v) is 3.82. The van der Waals surface area contributed by atoms with Gasteiger partial charge in [-0.15, -0.1) is 13.2 Å². The molecular weight excluding hydrogens is 300 g/mol. The molecule has 0 bridgehead atoms. The van der Waals surface area contributed by atoms with Crippen LogP contribution >= 0.6 is 0 Å². The van der Waals surface area contributed by atoms with E-state index in [9.17, 15) is 17.6 Å². The van der Waals surface area contributed by atoms with Crippen LogP contribution in [0.2, 0.25) is 0 Å². The maximum atomic E-state index is 14.4. The number of hydrogen-bond acceptors (Lipinski definition) is 2. The third kappa shape index (κ3) is 3.72. The summed E-state index contributed by atoms with van der Waals surface area (Å²) in [4.78, 5) is 0. The standard InChI is InChI=1S/C16H16F4O2/c17-14-11(7-6-10-4-5-10)8-9-13(21-12-2-1-3-12)15(14)22-16(18,19)20/h6-10,12H,1-5H2/b7-6+. The Balaban J connectivity index is 1.88. The zero-order valence-corrected chi connectivity index (χ0v) is 11.8. The smallest absolute Gasteiger partial charge is 0.486 e. The number of alkyl halides is 3. The van der Waals surface area contributed by atoms with E-state index in [2.05, 4.69) is 4.74 Å². The Morgan fingerprint density at radius 2 is 1.82 bits per heavy atom. The van der Waals surface area contributed by atoms with Gasteiger partial charge in [-0.05, 0) is 50.2 Å². The van der Waals surface area contributed by atoms with Crippen LogP contribution in [0.3, 0.4) is 0 Å². The van der Waals surface area contributed by atoms with Gasteiger partial charge >= 0.3 is 6.36 Å². The maximum absolute atomic E-state index is 14.4. The van der Waals surface area contributed by atoms with E-state index in [4.69, 9.17) is 4.74 Å². The fraction of sp³-hybridized carbons (Fsp3) is 0.500. The van der Waals surface area contributed by atoms with Crippen molar-refractivity contribution in [3.8, 4) is 11.5 Å². The molecule has 0 saturated heterocycles. The summed E-state index contributed by atoms with van der Waals surface area (Å²) in [6, 6.07) is 2.76. The summed E-state index contributed by atoms with van der Waals surface area (Å²) in [5, 5.41) is 0. The second-order valence-electron chi connectivity index (χ2n) is 5.71. The van der Waals surface area contributed by atoms with Crippen molar-refractivity contribution in [3.63, 3.8) is 0 Å². The lowest BCUT2D eigenvalue weighted by molar-refractivity contribution is -0.276. The number of allylic oxidation sites excluding steroid dienone is 1. The molecule has 2 nitrogen and oxygen atoms in total. The van der Waals surface area contributed by atoms with Crippen LogP contribution in [0, 0.1) is 11.7 Å². The Kier molecular flexibility index (Phi) is 4.02. The van der Waals surface area contributed by atoms with Gasteiger partial charge in [-0.25, -0.2) is 4.39 Å². The van der Waals surface area contributed by atoms with Crippen LogP contribution in [0.5, 0.6) is 11.5 Å². The van der Waals surface area contributed by atoms with Crippen molar-refractivity contribution in [2.75, 3.05) is 0 Å². The van der Waals surface area contributed by atoms with Gasteiger partial charge < -0.3 is 9.47 Å². The summed E-state index contributed by atoms with van der Waals surface area (Å²) in [7, 11) is 0. The van der Waals surface area contributed by atoms with Crippen molar-refractivity contribution in [1.82, 2.24) is 0 Å². The molecule has 0 aliphatic heterocycles. The van der Waals surface area contributed by atoms with Gasteiger partial charge in [-0.2, -0.15) is 0 Å². The van der Waals surface area contributed by atoms with Crippen molar-refractivity contribution in [2.24, 2.45) is 5.92 Å². The van der Waals surface area contributed by atoms with Crippen molar-refractivity contribution in [3.05, 3.63) is 29.6 Å². The highest BCUT2D eigenvalue weighted by Gasteiger charge is 2.35. The number of halogens is 4. The first-order chi connectivity index (χ1) is 10.4. The second-order valence-corrected chi connectivity index (χ2v) is 5.71. The predicted octanol–water partition coefficient (Wildman–Crippen LogP) is 5.08. The molecule has 2 fully saturated rings. The summed E-state index contributed by atoms with van der Waals surface area (Å²) >= 11 is 0. The van der Waals surface area contributed by atoms with E-state index in [-0.39, 0.29) is 17.4 Å². The Morgan fingerprint density at radius 1 is 1.09 bits per heavy atom. The van der Waals surface area contributed by atoms with E-state index in [0.717, 1.165) is 32.1 Å². The van der Waals surface area contributed by atoms with Crippen LogP contribution in [0.25, 0.3) is 6.08 Å². The fourth-order valence-corrected chi connectivity index (χ4v) is 2.18. The Bertz CT molecular complexity index is 572. The van der Waals surface area contributed by atoms with Crippen LogP contribution in [0.15, 0.2) is 18.2 Å². The van der Waals surface area contributed by atoms with Gasteiger partial charge in [-0.3, -0.25) is 0 Å². The highest BCUT2D eigenvalue weighted by molar-refractivity contribution is 5.57. The van der Waals surface area contributed by atoms with E-state index in [0.29, 0.717) is 5.92 Å². The van der Waals surface area contributed by atoms with Gasteiger partial charge in [0.05, 0.1) is 6.10 Å². The third-order valence-electron chi connectivity index (χ3n) is 3.82. The quantitative estimate of drug-likeness (QED) is 0.705. The first kappa shape index (κ1) is 15.2. The molecule has 120 valence electrons. The zero-order chi connectivity index (χ0) is 15.7. The highest BCUT2D eigenvalue weighted by Crippen LogP contribution is 2.39. The van der Waals surface area contributed by atoms with Crippen LogP contribution in [0.1, 0.15) is 37.7 Å². The largest absolute Gasteiger partial charge is 0.573 e. The minimum absolute atomic E-state index is 0.0760. The zero-order valence-electron chi connectivity index (χ0n) is 11.8. The lowest BCUT2D eigenvalue weighted by atomic mass is 9.96. The molecule has 0 heterocycles. The Morgan fingerprint density at radius 3 is 2.36 bits per heavy atom. The molecule has 0 spiro atoms. The molecule has 0 aromatic heterocycles. The van der Waals surface area contributed by atoms with Crippen LogP contribution in [-0.2, 0) is 0 Å². The van der Waals surface area contributed by atoms with E-state index in [1.807, 2.05) is 6.08 Å². The molecule has 0 unspecified atom stereocenters. The highest BCUT2D eigenvalue weighted by atomic mass is 19.4. The van der Waals surface area contributed by atoms with Crippen molar-refractivity contribution in [1.29, 1.82) is 0 Å². The number of benzene rings is 1. The molecule has 2 aliphatic carbocycles. The molecule has 22 heavy (non-hydrogen) atoms. The molecule has 0 radical (unpaired) electrons. The molecule has 0 N–H and O–H groups in total. The molecule has 3 rings (SSSR count). The van der Waals surface area contributed by atoms with Crippen LogP contribution in [-0.4, -0.2) is 12.5 Å². The van der Waals surface area contributed by atoms with Crippen LogP contribution < -0.4 is 9.47 Å². The molecule has 2 saturated carbocycles. The minimum Gasteiger partial charge on any atom is -0.486 e.